The molecular formula is C26H44O5S2. The number of ether oxygens (including phenoxy) is 1. The molecule has 1 aromatic carbocycles. The van der Waals surface area contributed by atoms with Gasteiger partial charge in [0.15, 0.2) is 5.25 Å². The van der Waals surface area contributed by atoms with Crippen molar-refractivity contribution in [2.24, 2.45) is 0 Å². The summed E-state index contributed by atoms with van der Waals surface area (Å²) in [6, 6.07) is 3.54. The second kappa shape index (κ2) is 14.4. The molecule has 0 radical (unpaired) electrons. The van der Waals surface area contributed by atoms with E-state index in [4.69, 9.17) is 4.74 Å². The lowest BCUT2D eigenvalue weighted by molar-refractivity contribution is -0.134. The summed E-state index contributed by atoms with van der Waals surface area (Å²) in [4.78, 5) is 13.5. The van der Waals surface area contributed by atoms with Gasteiger partial charge in [-0.25, -0.2) is 0 Å². The molecule has 0 fully saturated rings. The van der Waals surface area contributed by atoms with Gasteiger partial charge in [0.25, 0.3) is 10.1 Å². The van der Waals surface area contributed by atoms with Gasteiger partial charge in [-0.3, -0.25) is 9.35 Å². The number of benzene rings is 1. The molecule has 0 aliphatic rings. The van der Waals surface area contributed by atoms with Crippen LogP contribution in [0.3, 0.4) is 0 Å². The fourth-order valence-electron chi connectivity index (χ4n) is 3.90. The van der Waals surface area contributed by atoms with E-state index >= 15 is 0 Å². The Kier molecular flexibility index (Phi) is 13.1. The topological polar surface area (TPSA) is 80.7 Å². The molecule has 33 heavy (non-hydrogen) atoms. The molecule has 0 aliphatic heterocycles. The predicted octanol–water partition coefficient (Wildman–Crippen LogP) is 7.44. The van der Waals surface area contributed by atoms with Gasteiger partial charge in [0.1, 0.15) is 5.75 Å². The van der Waals surface area contributed by atoms with Crippen molar-refractivity contribution in [3.8, 4) is 5.75 Å². The summed E-state index contributed by atoms with van der Waals surface area (Å²) in [7, 11) is -4.55. The predicted molar refractivity (Wildman–Crippen MR) is 139 cm³/mol. The minimum atomic E-state index is -4.55. The molecule has 0 heterocycles. The van der Waals surface area contributed by atoms with Gasteiger partial charge in [-0.1, -0.05) is 98.3 Å². The standard InChI is InChI=1S/C26H44O5S2/c1-6-7-8-9-10-11-12-13-14-15-16-17-24(33(28,29)30)25(27)31-22-18-20(2)23(32)19-21(22)26(3,4)5/h18-19,24,32H,6-17H2,1-5H3,(H,28,29,30). The van der Waals surface area contributed by atoms with Crippen LogP contribution in [-0.2, 0) is 20.3 Å². The maximum atomic E-state index is 12.8. The SMILES string of the molecule is CCCCCCCCCCCCCC(C(=O)Oc1cc(C)c(S)cc1C(C)(C)C)S(=O)(=O)O. The number of hydrogen-bond acceptors (Lipinski definition) is 5. The summed E-state index contributed by atoms with van der Waals surface area (Å²) in [5, 5.41) is -1.57. The minimum absolute atomic E-state index is 0.0587. The fraction of sp³-hybridized carbons (Fsp3) is 0.731. The second-order valence-electron chi connectivity index (χ2n) is 10.1. The Balaban J connectivity index is 2.61. The number of carbonyl (C=O) groups is 1. The van der Waals surface area contributed by atoms with Crippen molar-refractivity contribution in [1.29, 1.82) is 0 Å². The van der Waals surface area contributed by atoms with Gasteiger partial charge < -0.3 is 4.74 Å². The summed E-state index contributed by atoms with van der Waals surface area (Å²) < 4.78 is 39.1. The number of thiol groups is 1. The van der Waals surface area contributed by atoms with E-state index in [0.29, 0.717) is 12.2 Å². The molecule has 1 unspecified atom stereocenters. The molecule has 0 saturated heterocycles. The molecule has 0 saturated carbocycles. The highest BCUT2D eigenvalue weighted by Crippen LogP contribution is 2.35. The van der Waals surface area contributed by atoms with Crippen molar-refractivity contribution in [3.63, 3.8) is 0 Å². The van der Waals surface area contributed by atoms with Crippen molar-refractivity contribution < 1.29 is 22.5 Å². The van der Waals surface area contributed by atoms with E-state index < -0.39 is 21.3 Å². The van der Waals surface area contributed by atoms with Crippen LogP contribution in [0.5, 0.6) is 5.75 Å². The van der Waals surface area contributed by atoms with E-state index in [0.717, 1.165) is 35.3 Å². The van der Waals surface area contributed by atoms with Crippen LogP contribution in [0, 0.1) is 6.92 Å². The summed E-state index contributed by atoms with van der Waals surface area (Å²) in [5.41, 5.74) is 1.25. The zero-order chi connectivity index (χ0) is 25.1. The average Bonchev–Trinajstić information content (AvgIpc) is 2.69. The van der Waals surface area contributed by atoms with E-state index in [9.17, 15) is 17.8 Å². The van der Waals surface area contributed by atoms with Crippen molar-refractivity contribution in [1.82, 2.24) is 0 Å². The Hall–Kier alpha value is -1.05. The zero-order valence-electron chi connectivity index (χ0n) is 21.2. The Morgan fingerprint density at radius 2 is 1.45 bits per heavy atom. The molecular weight excluding hydrogens is 456 g/mol. The number of unbranched alkanes of at least 4 members (excludes halogenated alkanes) is 10. The summed E-state index contributed by atoms with van der Waals surface area (Å²) in [5.74, 6) is -0.614. The Labute approximate surface area is 207 Å². The van der Waals surface area contributed by atoms with Gasteiger partial charge in [-0.2, -0.15) is 8.42 Å². The van der Waals surface area contributed by atoms with Crippen LogP contribution in [0.25, 0.3) is 0 Å². The first-order valence-electron chi connectivity index (χ1n) is 12.4. The average molecular weight is 501 g/mol. The Bertz CT molecular complexity index is 841. The monoisotopic (exact) mass is 500 g/mol. The van der Waals surface area contributed by atoms with Crippen LogP contribution in [0.4, 0.5) is 0 Å². The van der Waals surface area contributed by atoms with Crippen LogP contribution in [0.1, 0.15) is 116 Å². The van der Waals surface area contributed by atoms with E-state index in [2.05, 4.69) is 19.6 Å². The molecule has 0 spiro atoms. The first-order chi connectivity index (χ1) is 15.4. The number of hydrogen-bond donors (Lipinski definition) is 2. The smallest absolute Gasteiger partial charge is 0.332 e. The van der Waals surface area contributed by atoms with Crippen LogP contribution in [0.2, 0.25) is 0 Å². The number of esters is 1. The zero-order valence-corrected chi connectivity index (χ0v) is 22.9. The largest absolute Gasteiger partial charge is 0.425 e. The fourth-order valence-corrected chi connectivity index (χ4v) is 4.85. The van der Waals surface area contributed by atoms with Crippen molar-refractivity contribution in [2.45, 2.75) is 127 Å². The summed E-state index contributed by atoms with van der Waals surface area (Å²) >= 11 is 4.45. The lowest BCUT2D eigenvalue weighted by atomic mass is 9.86. The molecule has 0 aromatic heterocycles. The molecule has 0 amide bonds. The summed E-state index contributed by atoms with van der Waals surface area (Å²) in [6.45, 7) is 10.0. The number of carbonyl (C=O) groups excluding carboxylic acids is 1. The summed E-state index contributed by atoms with van der Waals surface area (Å²) in [6.07, 6.45) is 12.5. The maximum Gasteiger partial charge on any atom is 0.332 e. The van der Waals surface area contributed by atoms with Crippen molar-refractivity contribution in [2.75, 3.05) is 0 Å². The van der Waals surface area contributed by atoms with E-state index in [1.807, 2.05) is 33.8 Å². The van der Waals surface area contributed by atoms with Gasteiger partial charge in [0, 0.05) is 10.5 Å². The van der Waals surface area contributed by atoms with Crippen molar-refractivity contribution >= 4 is 28.7 Å². The third kappa shape index (κ3) is 11.3. The van der Waals surface area contributed by atoms with Gasteiger partial charge in [-0.15, -0.1) is 12.6 Å². The molecule has 1 aromatic rings. The van der Waals surface area contributed by atoms with Crippen LogP contribution >= 0.6 is 12.6 Å². The van der Waals surface area contributed by atoms with E-state index in [-0.39, 0.29) is 11.8 Å². The molecule has 1 atom stereocenters. The Morgan fingerprint density at radius 3 is 1.91 bits per heavy atom. The molecule has 1 N–H and O–H groups in total. The van der Waals surface area contributed by atoms with Gasteiger partial charge in [0.2, 0.25) is 0 Å². The lowest BCUT2D eigenvalue weighted by Gasteiger charge is -2.24. The number of aryl methyl sites for hydroxylation is 1. The molecule has 7 heteroatoms. The highest BCUT2D eigenvalue weighted by molar-refractivity contribution is 7.87. The molecule has 190 valence electrons. The third-order valence-electron chi connectivity index (χ3n) is 6.01. The highest BCUT2D eigenvalue weighted by Gasteiger charge is 2.33. The quantitative estimate of drug-likeness (QED) is 0.0859. The third-order valence-corrected chi connectivity index (χ3v) is 7.64. The normalized spacial score (nSPS) is 13.2. The first kappa shape index (κ1) is 30.0. The number of rotatable bonds is 15. The highest BCUT2D eigenvalue weighted by atomic mass is 32.2. The van der Waals surface area contributed by atoms with Crippen LogP contribution < -0.4 is 4.74 Å². The molecule has 0 bridgehead atoms. The molecule has 5 nitrogen and oxygen atoms in total. The molecule has 1 rings (SSSR count). The molecule has 0 aliphatic carbocycles. The second-order valence-corrected chi connectivity index (χ2v) is 12.2. The maximum absolute atomic E-state index is 12.8. The first-order valence-corrected chi connectivity index (χ1v) is 14.3. The van der Waals surface area contributed by atoms with Gasteiger partial charge >= 0.3 is 5.97 Å². The van der Waals surface area contributed by atoms with E-state index in [1.54, 1.807) is 6.07 Å². The van der Waals surface area contributed by atoms with Gasteiger partial charge in [0.05, 0.1) is 0 Å². The van der Waals surface area contributed by atoms with Crippen LogP contribution in [0.15, 0.2) is 17.0 Å². The Morgan fingerprint density at radius 1 is 0.970 bits per heavy atom. The van der Waals surface area contributed by atoms with E-state index in [1.165, 1.54) is 44.9 Å². The van der Waals surface area contributed by atoms with Crippen LogP contribution in [-0.4, -0.2) is 24.2 Å². The van der Waals surface area contributed by atoms with Crippen molar-refractivity contribution in [3.05, 3.63) is 23.3 Å². The minimum Gasteiger partial charge on any atom is -0.425 e. The lowest BCUT2D eigenvalue weighted by Crippen LogP contribution is -2.34. The van der Waals surface area contributed by atoms with Gasteiger partial charge in [-0.05, 0) is 36.5 Å².